The summed E-state index contributed by atoms with van der Waals surface area (Å²) in [6.07, 6.45) is 5.66. The van der Waals surface area contributed by atoms with E-state index in [1.165, 1.54) is 12.1 Å². The number of aromatic nitrogens is 1. The quantitative estimate of drug-likeness (QED) is 0.643. The smallest absolute Gasteiger partial charge is 0.248 e. The zero-order valence-corrected chi connectivity index (χ0v) is 11.5. The van der Waals surface area contributed by atoms with Crippen molar-refractivity contribution in [1.82, 2.24) is 10.3 Å². The zero-order chi connectivity index (χ0) is 14.8. The van der Waals surface area contributed by atoms with E-state index in [-0.39, 0.29) is 11.3 Å². The number of benzene rings is 1. The van der Waals surface area contributed by atoms with Crippen LogP contribution in [0.1, 0.15) is 24.5 Å². The predicted molar refractivity (Wildman–Crippen MR) is 81.4 cm³/mol. The lowest BCUT2D eigenvalue weighted by Gasteiger charge is -2.17. The monoisotopic (exact) mass is 286 g/mol. The van der Waals surface area contributed by atoms with Crippen LogP contribution in [-0.4, -0.2) is 27.8 Å². The van der Waals surface area contributed by atoms with Crippen LogP contribution in [0.15, 0.2) is 41.2 Å². The number of phenols is 1. The predicted octanol–water partition coefficient (Wildman–Crippen LogP) is 1.58. The standard InChI is InChI=1S/C16H18N2O3/c19-13-7-5-11(12-6-8-15(21)18-16(12)13)14(20)9-17-10-3-1-2-4-10/h1,3,5-8,10,14,17,19-20H,2,4,9H2,(H,18,21)/t10-,14-/m0/s1. The van der Waals surface area contributed by atoms with Gasteiger partial charge in [-0.25, -0.2) is 0 Å². The summed E-state index contributed by atoms with van der Waals surface area (Å²) >= 11 is 0. The van der Waals surface area contributed by atoms with E-state index in [2.05, 4.69) is 22.5 Å². The van der Waals surface area contributed by atoms with Gasteiger partial charge in [0.05, 0.1) is 11.6 Å². The Kier molecular flexibility index (Phi) is 3.77. The minimum absolute atomic E-state index is 0.00494. The molecule has 0 aliphatic heterocycles. The maximum Gasteiger partial charge on any atom is 0.248 e. The zero-order valence-electron chi connectivity index (χ0n) is 11.5. The number of allylic oxidation sites excluding steroid dienone is 1. The molecule has 0 radical (unpaired) electrons. The summed E-state index contributed by atoms with van der Waals surface area (Å²) in [6.45, 7) is 0.425. The summed E-state index contributed by atoms with van der Waals surface area (Å²) in [6, 6.07) is 6.51. The Labute approximate surface area is 121 Å². The molecule has 0 fully saturated rings. The van der Waals surface area contributed by atoms with Crippen molar-refractivity contribution < 1.29 is 10.2 Å². The first-order valence-electron chi connectivity index (χ1n) is 7.08. The molecule has 2 aromatic rings. The minimum atomic E-state index is -0.701. The second kappa shape index (κ2) is 5.71. The highest BCUT2D eigenvalue weighted by Gasteiger charge is 2.16. The molecule has 1 heterocycles. The molecule has 0 unspecified atom stereocenters. The highest BCUT2D eigenvalue weighted by molar-refractivity contribution is 5.87. The van der Waals surface area contributed by atoms with Crippen molar-refractivity contribution in [3.8, 4) is 5.75 Å². The lowest BCUT2D eigenvalue weighted by atomic mass is 10.0. The number of rotatable bonds is 4. The van der Waals surface area contributed by atoms with E-state index in [1.807, 2.05) is 0 Å². The van der Waals surface area contributed by atoms with E-state index < -0.39 is 6.10 Å². The molecule has 21 heavy (non-hydrogen) atoms. The highest BCUT2D eigenvalue weighted by Crippen LogP contribution is 2.28. The SMILES string of the molecule is O=c1ccc2c([C@@H](O)CN[C@H]3C=CCC3)ccc(O)c2[nH]1. The molecule has 1 aromatic carbocycles. The van der Waals surface area contributed by atoms with Crippen LogP contribution in [0, 0.1) is 0 Å². The van der Waals surface area contributed by atoms with Crippen LogP contribution in [0.4, 0.5) is 0 Å². The number of hydrogen-bond donors (Lipinski definition) is 4. The van der Waals surface area contributed by atoms with Gasteiger partial charge in [-0.3, -0.25) is 4.79 Å². The normalized spacial score (nSPS) is 19.2. The molecule has 1 aliphatic carbocycles. The molecule has 0 bridgehead atoms. The maximum absolute atomic E-state index is 11.4. The van der Waals surface area contributed by atoms with E-state index in [0.717, 1.165) is 12.8 Å². The summed E-state index contributed by atoms with van der Waals surface area (Å²) in [5, 5.41) is 24.2. The van der Waals surface area contributed by atoms with Crippen molar-refractivity contribution in [2.75, 3.05) is 6.54 Å². The third-order valence-electron chi connectivity index (χ3n) is 3.85. The average molecular weight is 286 g/mol. The third kappa shape index (κ3) is 2.84. The van der Waals surface area contributed by atoms with Gasteiger partial charge in [0.15, 0.2) is 0 Å². The average Bonchev–Trinajstić information content (AvgIpc) is 2.99. The van der Waals surface area contributed by atoms with Gasteiger partial charge in [-0.05, 0) is 30.5 Å². The van der Waals surface area contributed by atoms with Gasteiger partial charge in [-0.2, -0.15) is 0 Å². The summed E-state index contributed by atoms with van der Waals surface area (Å²) < 4.78 is 0. The first kappa shape index (κ1) is 13.9. The van der Waals surface area contributed by atoms with E-state index >= 15 is 0 Å². The lowest BCUT2D eigenvalue weighted by Crippen LogP contribution is -2.29. The Morgan fingerprint density at radius 3 is 2.95 bits per heavy atom. The Hall–Kier alpha value is -2.11. The summed E-state index contributed by atoms with van der Waals surface area (Å²) in [7, 11) is 0. The van der Waals surface area contributed by atoms with Crippen LogP contribution < -0.4 is 10.9 Å². The number of phenolic OH excluding ortho intramolecular Hbond substituents is 1. The van der Waals surface area contributed by atoms with Crippen LogP contribution in [0.2, 0.25) is 0 Å². The van der Waals surface area contributed by atoms with Gasteiger partial charge in [-0.15, -0.1) is 0 Å². The number of aromatic hydroxyl groups is 1. The third-order valence-corrected chi connectivity index (χ3v) is 3.85. The molecule has 0 amide bonds. The number of aliphatic hydroxyl groups excluding tert-OH is 1. The number of aromatic amines is 1. The molecule has 110 valence electrons. The molecule has 5 nitrogen and oxygen atoms in total. The van der Waals surface area contributed by atoms with Crippen molar-refractivity contribution in [3.63, 3.8) is 0 Å². The fraction of sp³-hybridized carbons (Fsp3) is 0.312. The van der Waals surface area contributed by atoms with Crippen molar-refractivity contribution in [3.05, 3.63) is 52.3 Å². The molecule has 0 spiro atoms. The Morgan fingerprint density at radius 1 is 1.33 bits per heavy atom. The first-order chi connectivity index (χ1) is 10.1. The summed E-state index contributed by atoms with van der Waals surface area (Å²) in [4.78, 5) is 14.0. The number of hydrogen-bond acceptors (Lipinski definition) is 4. The second-order valence-corrected chi connectivity index (χ2v) is 5.32. The molecule has 0 saturated carbocycles. The molecule has 2 atom stereocenters. The Morgan fingerprint density at radius 2 is 2.19 bits per heavy atom. The van der Waals surface area contributed by atoms with Gasteiger partial charge < -0.3 is 20.5 Å². The number of aliphatic hydroxyl groups is 1. The Bertz CT molecular complexity index is 736. The minimum Gasteiger partial charge on any atom is -0.506 e. The summed E-state index contributed by atoms with van der Waals surface area (Å²) in [5.74, 6) is 0.00494. The highest BCUT2D eigenvalue weighted by atomic mass is 16.3. The van der Waals surface area contributed by atoms with Crippen molar-refractivity contribution in [2.24, 2.45) is 0 Å². The second-order valence-electron chi connectivity index (χ2n) is 5.32. The molecule has 3 rings (SSSR count). The van der Waals surface area contributed by atoms with Gasteiger partial charge >= 0.3 is 0 Å². The van der Waals surface area contributed by atoms with Crippen LogP contribution in [-0.2, 0) is 0 Å². The van der Waals surface area contributed by atoms with Gasteiger partial charge in [0.1, 0.15) is 5.75 Å². The maximum atomic E-state index is 11.4. The number of nitrogens with one attached hydrogen (secondary N) is 2. The lowest BCUT2D eigenvalue weighted by molar-refractivity contribution is 0.173. The van der Waals surface area contributed by atoms with Crippen LogP contribution in [0.5, 0.6) is 5.75 Å². The molecule has 1 aromatic heterocycles. The number of fused-ring (bicyclic) bond motifs is 1. The van der Waals surface area contributed by atoms with Gasteiger partial charge in [-0.1, -0.05) is 18.2 Å². The Balaban J connectivity index is 1.87. The summed E-state index contributed by atoms with van der Waals surface area (Å²) in [5.41, 5.74) is 0.770. The number of pyridine rings is 1. The van der Waals surface area contributed by atoms with Crippen LogP contribution >= 0.6 is 0 Å². The van der Waals surface area contributed by atoms with Crippen molar-refractivity contribution >= 4 is 10.9 Å². The van der Waals surface area contributed by atoms with Gasteiger partial charge in [0.25, 0.3) is 0 Å². The van der Waals surface area contributed by atoms with Crippen LogP contribution in [0.25, 0.3) is 10.9 Å². The van der Waals surface area contributed by atoms with Gasteiger partial charge in [0.2, 0.25) is 5.56 Å². The molecule has 4 N–H and O–H groups in total. The van der Waals surface area contributed by atoms with Crippen molar-refractivity contribution in [2.45, 2.75) is 25.0 Å². The topological polar surface area (TPSA) is 85.3 Å². The van der Waals surface area contributed by atoms with Crippen molar-refractivity contribution in [1.29, 1.82) is 0 Å². The molecule has 1 aliphatic rings. The van der Waals surface area contributed by atoms with E-state index in [1.54, 1.807) is 12.1 Å². The first-order valence-corrected chi connectivity index (χ1v) is 7.08. The fourth-order valence-corrected chi connectivity index (χ4v) is 2.73. The fourth-order valence-electron chi connectivity index (χ4n) is 2.73. The van der Waals surface area contributed by atoms with Crippen LogP contribution in [0.3, 0.4) is 0 Å². The molecule has 5 heteroatoms. The molecular weight excluding hydrogens is 268 g/mol. The molecule has 0 saturated heterocycles. The number of H-pyrrole nitrogens is 1. The largest absolute Gasteiger partial charge is 0.506 e. The van der Waals surface area contributed by atoms with E-state index in [0.29, 0.717) is 29.1 Å². The van der Waals surface area contributed by atoms with E-state index in [9.17, 15) is 15.0 Å². The van der Waals surface area contributed by atoms with Gasteiger partial charge in [0, 0.05) is 24.0 Å². The van der Waals surface area contributed by atoms with E-state index in [4.69, 9.17) is 0 Å². The molecular formula is C16H18N2O3.